The van der Waals surface area contributed by atoms with Gasteiger partial charge in [0.2, 0.25) is 0 Å². The van der Waals surface area contributed by atoms with E-state index in [0.717, 1.165) is 0 Å². The molecule has 0 saturated carbocycles. The summed E-state index contributed by atoms with van der Waals surface area (Å²) in [6, 6.07) is 1.49. The Balaban J connectivity index is 3.25. The Morgan fingerprint density at radius 2 is 2.15 bits per heavy atom. The number of nitrogens with two attached hydrogens (primary N) is 1. The van der Waals surface area contributed by atoms with Crippen LogP contribution in [0.25, 0.3) is 0 Å². The predicted octanol–water partition coefficient (Wildman–Crippen LogP) is 1.18. The van der Waals surface area contributed by atoms with Crippen molar-refractivity contribution in [3.05, 3.63) is 28.5 Å². The first-order chi connectivity index (χ1) is 6.07. The molecule has 0 spiro atoms. The van der Waals surface area contributed by atoms with Gasteiger partial charge in [-0.15, -0.1) is 0 Å². The lowest BCUT2D eigenvalue weighted by Gasteiger charge is -2.12. The van der Waals surface area contributed by atoms with E-state index in [0.29, 0.717) is 0 Å². The fraction of sp³-hybridized carbons (Fsp3) is 0.250. The molecule has 0 aliphatic carbocycles. The summed E-state index contributed by atoms with van der Waals surface area (Å²) < 4.78 is 13.2. The van der Waals surface area contributed by atoms with Crippen LogP contribution in [0, 0.1) is 5.82 Å². The van der Waals surface area contributed by atoms with Crippen molar-refractivity contribution in [3.8, 4) is 5.75 Å². The quantitative estimate of drug-likeness (QED) is 0.679. The van der Waals surface area contributed by atoms with E-state index in [-0.39, 0.29) is 16.3 Å². The first-order valence-electron chi connectivity index (χ1n) is 3.61. The number of halogens is 2. The van der Waals surface area contributed by atoms with E-state index < -0.39 is 18.5 Å². The molecular formula is C8H9ClFNO2. The van der Waals surface area contributed by atoms with Crippen molar-refractivity contribution in [1.29, 1.82) is 0 Å². The Labute approximate surface area is 79.6 Å². The average Bonchev–Trinajstić information content (AvgIpc) is 2.12. The highest BCUT2D eigenvalue weighted by Crippen LogP contribution is 2.30. The smallest absolute Gasteiger partial charge is 0.150 e. The largest absolute Gasteiger partial charge is 0.507 e. The predicted molar refractivity (Wildman–Crippen MR) is 47.1 cm³/mol. The standard InChI is InChI=1S/C8H9ClFNO2/c9-4-1-2-6(13)7(8(4)10)5(11)3-12/h1-2,5,12-13H,3,11H2. The van der Waals surface area contributed by atoms with E-state index in [9.17, 15) is 9.50 Å². The highest BCUT2D eigenvalue weighted by molar-refractivity contribution is 6.30. The summed E-state index contributed by atoms with van der Waals surface area (Å²) in [4.78, 5) is 0. The Kier molecular flexibility index (Phi) is 3.08. The third-order valence-electron chi connectivity index (χ3n) is 1.68. The number of aliphatic hydroxyl groups excluding tert-OH is 1. The van der Waals surface area contributed by atoms with Crippen LogP contribution in [-0.2, 0) is 0 Å². The summed E-state index contributed by atoms with van der Waals surface area (Å²) >= 11 is 5.46. The summed E-state index contributed by atoms with van der Waals surface area (Å²) in [6.45, 7) is -0.454. The van der Waals surface area contributed by atoms with Gasteiger partial charge >= 0.3 is 0 Å². The van der Waals surface area contributed by atoms with Crippen molar-refractivity contribution in [3.63, 3.8) is 0 Å². The molecule has 0 radical (unpaired) electrons. The van der Waals surface area contributed by atoms with Gasteiger partial charge in [-0.1, -0.05) is 11.6 Å². The number of benzene rings is 1. The van der Waals surface area contributed by atoms with Gasteiger partial charge in [0.05, 0.1) is 23.2 Å². The molecule has 13 heavy (non-hydrogen) atoms. The van der Waals surface area contributed by atoms with Crippen LogP contribution < -0.4 is 5.73 Å². The minimum atomic E-state index is -0.960. The van der Waals surface area contributed by atoms with Gasteiger partial charge in [-0.2, -0.15) is 0 Å². The van der Waals surface area contributed by atoms with E-state index in [1.54, 1.807) is 0 Å². The normalized spacial score (nSPS) is 12.9. The van der Waals surface area contributed by atoms with Crippen molar-refractivity contribution in [1.82, 2.24) is 0 Å². The average molecular weight is 206 g/mol. The topological polar surface area (TPSA) is 66.5 Å². The van der Waals surface area contributed by atoms with Crippen LogP contribution in [0.1, 0.15) is 11.6 Å². The molecule has 0 aromatic heterocycles. The molecule has 1 atom stereocenters. The summed E-state index contributed by atoms with van der Waals surface area (Å²) in [5.74, 6) is -1.09. The molecule has 1 aromatic carbocycles. The Hall–Kier alpha value is -0.840. The number of phenolic OH excluding ortho intramolecular Hbond substituents is 1. The maximum atomic E-state index is 13.2. The van der Waals surface area contributed by atoms with Crippen LogP contribution >= 0.6 is 11.6 Å². The molecule has 4 N–H and O–H groups in total. The van der Waals surface area contributed by atoms with E-state index in [2.05, 4.69) is 0 Å². The minimum absolute atomic E-state index is 0.128. The molecule has 0 heterocycles. The molecule has 0 aliphatic rings. The van der Waals surface area contributed by atoms with Crippen LogP contribution in [0.15, 0.2) is 12.1 Å². The number of hydrogen-bond donors (Lipinski definition) is 3. The number of rotatable bonds is 2. The van der Waals surface area contributed by atoms with Crippen LogP contribution in [0.2, 0.25) is 5.02 Å². The number of hydrogen-bond acceptors (Lipinski definition) is 3. The Bertz CT molecular complexity index is 319. The second kappa shape index (κ2) is 3.91. The molecule has 1 aromatic rings. The van der Waals surface area contributed by atoms with E-state index in [1.165, 1.54) is 12.1 Å². The number of phenols is 1. The maximum absolute atomic E-state index is 13.2. The number of aromatic hydroxyl groups is 1. The molecule has 72 valence electrons. The van der Waals surface area contributed by atoms with E-state index in [4.69, 9.17) is 22.4 Å². The minimum Gasteiger partial charge on any atom is -0.507 e. The molecule has 0 bridgehead atoms. The van der Waals surface area contributed by atoms with E-state index in [1.807, 2.05) is 0 Å². The molecule has 5 heteroatoms. The third kappa shape index (κ3) is 1.91. The summed E-state index contributed by atoms with van der Waals surface area (Å²) in [7, 11) is 0. The molecule has 1 unspecified atom stereocenters. The van der Waals surface area contributed by atoms with Crippen molar-refractivity contribution in [2.75, 3.05) is 6.61 Å². The van der Waals surface area contributed by atoms with Crippen molar-refractivity contribution in [2.45, 2.75) is 6.04 Å². The first-order valence-corrected chi connectivity index (χ1v) is 3.99. The Morgan fingerprint density at radius 3 is 2.69 bits per heavy atom. The van der Waals surface area contributed by atoms with E-state index >= 15 is 0 Å². The third-order valence-corrected chi connectivity index (χ3v) is 1.97. The summed E-state index contributed by atoms with van der Waals surface area (Å²) in [6.07, 6.45) is 0. The molecule has 0 amide bonds. The zero-order valence-electron chi connectivity index (χ0n) is 6.67. The highest BCUT2D eigenvalue weighted by Gasteiger charge is 2.17. The first kappa shape index (κ1) is 10.2. The van der Waals surface area contributed by atoms with Gasteiger partial charge in [0.1, 0.15) is 11.6 Å². The fourth-order valence-electron chi connectivity index (χ4n) is 1.00. The lowest BCUT2D eigenvalue weighted by molar-refractivity contribution is 0.262. The van der Waals surface area contributed by atoms with Crippen LogP contribution in [0.5, 0.6) is 5.75 Å². The van der Waals surface area contributed by atoms with Crippen LogP contribution in [-0.4, -0.2) is 16.8 Å². The molecule has 0 aliphatic heterocycles. The van der Waals surface area contributed by atoms with Crippen LogP contribution in [0.3, 0.4) is 0 Å². The van der Waals surface area contributed by atoms with Gasteiger partial charge in [0.15, 0.2) is 0 Å². The zero-order chi connectivity index (χ0) is 10.0. The fourth-order valence-corrected chi connectivity index (χ4v) is 1.16. The van der Waals surface area contributed by atoms with Gasteiger partial charge in [-0.3, -0.25) is 0 Å². The second-order valence-corrected chi connectivity index (χ2v) is 2.99. The summed E-state index contributed by atoms with van der Waals surface area (Å²) in [5, 5.41) is 17.8. The molecule has 0 saturated heterocycles. The summed E-state index contributed by atoms with van der Waals surface area (Å²) in [5.41, 5.74) is 5.20. The van der Waals surface area contributed by atoms with Gasteiger partial charge in [-0.05, 0) is 12.1 Å². The number of aliphatic hydroxyl groups is 1. The lowest BCUT2D eigenvalue weighted by Crippen LogP contribution is -2.16. The zero-order valence-corrected chi connectivity index (χ0v) is 7.42. The van der Waals surface area contributed by atoms with Gasteiger partial charge < -0.3 is 15.9 Å². The second-order valence-electron chi connectivity index (χ2n) is 2.58. The SMILES string of the molecule is NC(CO)c1c(O)ccc(Cl)c1F. The molecular weight excluding hydrogens is 197 g/mol. The van der Waals surface area contributed by atoms with Crippen molar-refractivity contribution in [2.24, 2.45) is 5.73 Å². The van der Waals surface area contributed by atoms with Crippen molar-refractivity contribution >= 4 is 11.6 Å². The molecule has 0 fully saturated rings. The van der Waals surface area contributed by atoms with Crippen molar-refractivity contribution < 1.29 is 14.6 Å². The Morgan fingerprint density at radius 1 is 1.54 bits per heavy atom. The van der Waals surface area contributed by atoms with Crippen LogP contribution in [0.4, 0.5) is 4.39 Å². The lowest BCUT2D eigenvalue weighted by atomic mass is 10.1. The monoisotopic (exact) mass is 205 g/mol. The molecule has 1 rings (SSSR count). The van der Waals surface area contributed by atoms with Gasteiger partial charge in [-0.25, -0.2) is 4.39 Å². The molecule has 3 nitrogen and oxygen atoms in total. The maximum Gasteiger partial charge on any atom is 0.150 e. The van der Waals surface area contributed by atoms with Gasteiger partial charge in [0, 0.05) is 0 Å². The van der Waals surface area contributed by atoms with Gasteiger partial charge in [0.25, 0.3) is 0 Å². The highest BCUT2D eigenvalue weighted by atomic mass is 35.5.